The van der Waals surface area contributed by atoms with E-state index in [0.29, 0.717) is 0 Å². The summed E-state index contributed by atoms with van der Waals surface area (Å²) in [6.07, 6.45) is 0. The van der Waals surface area contributed by atoms with E-state index < -0.39 is 7.81 Å². The van der Waals surface area contributed by atoms with Gasteiger partial charge >= 0.3 is 190 Å². The Bertz CT molecular complexity index is 4670. The van der Waals surface area contributed by atoms with Crippen LogP contribution in [0.4, 0.5) is 25.2 Å². The molecule has 0 radical (unpaired) electrons. The number of rotatable bonds is 12. The Balaban J connectivity index is 0.000000694. The van der Waals surface area contributed by atoms with Crippen molar-refractivity contribution in [2.24, 2.45) is 0 Å². The molecule has 12 nitrogen and oxygen atoms in total. The van der Waals surface area contributed by atoms with Crippen LogP contribution < -0.4 is 30.6 Å². The van der Waals surface area contributed by atoms with Crippen molar-refractivity contribution in [3.05, 3.63) is 323 Å². The van der Waals surface area contributed by atoms with Crippen LogP contribution in [0.1, 0.15) is 0 Å². The molecule has 0 atom stereocenters. The molecule has 0 amide bonds. The molecule has 0 aliphatic carbocycles. The first kappa shape index (κ1) is 116. The summed E-state index contributed by atoms with van der Waals surface area (Å²) >= 11 is 48.2. The largest absolute Gasteiger partial charge is 1.00 e. The third kappa shape index (κ3) is 43.6. The molecule has 666 valence electrons. The zero-order valence-corrected chi connectivity index (χ0v) is 88.0. The fraction of sp³-hybridized carbons (Fsp3) is 0.0488. The van der Waals surface area contributed by atoms with E-state index >= 15 is 0 Å². The van der Waals surface area contributed by atoms with Crippen LogP contribution in [-0.2, 0) is 157 Å². The molecule has 0 spiro atoms. The van der Waals surface area contributed by atoms with Crippen molar-refractivity contribution in [1.82, 2.24) is 61.2 Å². The second kappa shape index (κ2) is 62.5. The van der Waals surface area contributed by atoms with Crippen LogP contribution in [0.3, 0.4) is 0 Å². The molecule has 12 aromatic heterocycles. The van der Waals surface area contributed by atoms with Gasteiger partial charge in [-0.1, -0.05) is 218 Å². The molecule has 18 aromatic rings. The predicted molar refractivity (Wildman–Crippen MR) is 478 cm³/mol. The summed E-state index contributed by atoms with van der Waals surface area (Å²) in [5.74, 6) is 0. The van der Waals surface area contributed by atoms with E-state index in [0.717, 1.165) is 131 Å². The molecule has 0 N–H and O–H groups in total. The molecule has 0 aliphatic rings. The number of aromatic nitrogens is 12. The third-order valence-corrected chi connectivity index (χ3v) is 19.6. The quantitative estimate of drug-likeness (QED) is 0.0493. The Labute approximate surface area is 875 Å². The SMILES string of the molecule is ClCCl.ClCCl.ClCCl.ClCCl.F[P-](F)(F)(F)(F)F.[Ag+].[Au+].[Au+].[Au+].[Au+].[Au+].[Au+].c1ccc(-c2cc(-c3cccs3)[n-]n2)cc1.c1ccc(-c2cc(-c3cccs3)[n-]n2)cc1.c1ccc(-c2cc(-c3cccs3)[n-]n2)cc1.c1ccc(-c2cc(-c3cccs3)[n-]n2)cc1.c1ccc(-c2cc(-c3cccs3)n[n-]2)cc1.c1ccc(-c2cc(-c3cccs3)n[n-]2)cc1. The molecular weight excluding hydrogens is 3060 g/mol. The van der Waals surface area contributed by atoms with Gasteiger partial charge in [-0.05, 0) is 138 Å². The average molecular weight is 3130 g/mol. The summed E-state index contributed by atoms with van der Waals surface area (Å²) in [4.78, 5) is 6.97. The minimum atomic E-state index is -10.7. The molecule has 0 fully saturated rings. The van der Waals surface area contributed by atoms with Gasteiger partial charge in [0.05, 0.1) is 42.5 Å². The smallest absolute Gasteiger partial charge is 0.574 e. The maximum atomic E-state index is 9.87. The number of hydrogen-bond donors (Lipinski definition) is 0. The Morgan fingerprint density at radius 1 is 0.213 bits per heavy atom. The average Bonchev–Trinajstić information content (AvgIpc) is 1.68. The molecule has 0 saturated heterocycles. The summed E-state index contributed by atoms with van der Waals surface area (Å²) in [5.41, 5.74) is 18.0. The molecule has 40 heteroatoms. The molecule has 6 aromatic carbocycles. The number of benzene rings is 6. The Kier molecular flexibility index (Phi) is 59.6. The van der Waals surface area contributed by atoms with Crippen LogP contribution in [0.15, 0.2) is 323 Å². The summed E-state index contributed by atoms with van der Waals surface area (Å²) < 4.78 is 59.2. The number of nitrogens with zero attached hydrogens (tertiary/aromatic N) is 12. The van der Waals surface area contributed by atoms with Gasteiger partial charge in [-0.15, -0.1) is 195 Å². The van der Waals surface area contributed by atoms with Crippen LogP contribution in [0, 0.1) is 0 Å². The minimum absolute atomic E-state index is 0. The zero-order chi connectivity index (χ0) is 82.0. The van der Waals surface area contributed by atoms with Crippen molar-refractivity contribution < 1.29 is 182 Å². The van der Waals surface area contributed by atoms with Crippen LogP contribution in [0.2, 0.25) is 0 Å². The summed E-state index contributed by atoms with van der Waals surface area (Å²) in [6, 6.07) is 97.3. The van der Waals surface area contributed by atoms with Gasteiger partial charge < -0.3 is 61.2 Å². The normalized spacial score (nSPS) is 10.2. The fourth-order valence-corrected chi connectivity index (χ4v) is 13.6. The predicted octanol–water partition coefficient (Wildman–Crippen LogP) is 29.7. The van der Waals surface area contributed by atoms with E-state index in [9.17, 15) is 25.2 Å². The first-order valence-corrected chi connectivity index (χ1v) is 44.9. The molecule has 122 heavy (non-hydrogen) atoms. The van der Waals surface area contributed by atoms with Gasteiger partial charge in [0.25, 0.3) is 0 Å². The number of thiophene rings is 6. The van der Waals surface area contributed by atoms with E-state index in [2.05, 4.69) is 97.6 Å². The van der Waals surface area contributed by atoms with Gasteiger partial charge in [0.2, 0.25) is 0 Å². The molecule has 0 saturated carbocycles. The van der Waals surface area contributed by atoms with Gasteiger partial charge in [0.15, 0.2) is 0 Å². The molecule has 0 bridgehead atoms. The van der Waals surface area contributed by atoms with Crippen molar-refractivity contribution in [2.45, 2.75) is 0 Å². The van der Waals surface area contributed by atoms with E-state index in [4.69, 9.17) is 92.8 Å². The first-order valence-electron chi connectivity index (χ1n) is 33.3. The standard InChI is InChI=1S/6C13H9N2S.4CH2Cl2.Ag.6Au.F6P/c6*1-2-5-10(6-3-1)11-9-12(15-14-11)13-7-4-8-16-13;4*2-1-3;;;;;;;;1-7(2,3,4,5)6/h6*1-9H;4*1H2;;;;;;;;/q6*-1;;;;;7*+1;-1. The zero-order valence-electron chi connectivity index (χ0n) is 61.7. The van der Waals surface area contributed by atoms with Gasteiger partial charge in [-0.3, -0.25) is 0 Å². The topological polar surface area (TPSA) is 162 Å². The van der Waals surface area contributed by atoms with E-state index in [1.54, 1.807) is 68.0 Å². The second-order valence-corrected chi connectivity index (χ2v) is 32.9. The summed E-state index contributed by atoms with van der Waals surface area (Å²) in [5, 5.41) is 63.4. The van der Waals surface area contributed by atoms with Crippen molar-refractivity contribution in [3.8, 4) is 131 Å². The number of halogens is 14. The van der Waals surface area contributed by atoms with Gasteiger partial charge in [0.1, 0.15) is 0 Å². The van der Waals surface area contributed by atoms with Gasteiger partial charge in [0, 0.05) is 42.3 Å². The summed E-state index contributed by atoms with van der Waals surface area (Å²) in [6.45, 7) is 0. The van der Waals surface area contributed by atoms with Crippen molar-refractivity contribution in [1.29, 1.82) is 0 Å². The monoisotopic (exact) mass is 3120 g/mol. The molecule has 12 heterocycles. The first-order chi connectivity index (χ1) is 55.7. The molecule has 0 aliphatic heterocycles. The van der Waals surface area contributed by atoms with Gasteiger partial charge in [-0.2, -0.15) is 0 Å². The number of alkyl halides is 8. The summed E-state index contributed by atoms with van der Waals surface area (Å²) in [7, 11) is -10.7. The molecular formula is C82H62AgAu6Cl8F6N12PS6. The Morgan fingerprint density at radius 2 is 0.361 bits per heavy atom. The number of hydrogen-bond acceptors (Lipinski definition) is 12. The maximum Gasteiger partial charge on any atom is 1.00 e. The van der Waals surface area contributed by atoms with Crippen LogP contribution in [-0.4, -0.2) is 51.9 Å². The molecule has 18 rings (SSSR count). The van der Waals surface area contributed by atoms with E-state index in [-0.39, 0.29) is 178 Å². The van der Waals surface area contributed by atoms with E-state index in [1.807, 2.05) is 287 Å². The molecule has 0 unspecified atom stereocenters. The van der Waals surface area contributed by atoms with Crippen LogP contribution in [0.5, 0.6) is 0 Å². The second-order valence-electron chi connectivity index (χ2n) is 22.1. The van der Waals surface area contributed by atoms with Crippen LogP contribution in [0.25, 0.3) is 131 Å². The maximum absolute atomic E-state index is 10.7. The van der Waals surface area contributed by atoms with E-state index in [1.165, 1.54) is 0 Å². The van der Waals surface area contributed by atoms with Crippen LogP contribution >= 0.6 is 169 Å². The van der Waals surface area contributed by atoms with Crippen molar-refractivity contribution in [2.75, 3.05) is 21.4 Å². The Hall–Kier alpha value is -3.71. The van der Waals surface area contributed by atoms with Gasteiger partial charge in [-0.25, -0.2) is 0 Å². The fourth-order valence-electron chi connectivity index (χ4n) is 9.54. The van der Waals surface area contributed by atoms with Crippen molar-refractivity contribution >= 4 is 169 Å². The third-order valence-electron chi connectivity index (χ3n) is 14.3. The van der Waals surface area contributed by atoms with Crippen molar-refractivity contribution in [3.63, 3.8) is 0 Å². The Morgan fingerprint density at radius 3 is 0.533 bits per heavy atom. The minimum Gasteiger partial charge on any atom is -0.574 e.